The summed E-state index contributed by atoms with van der Waals surface area (Å²) in [4.78, 5) is 4.05. The van der Waals surface area contributed by atoms with Crippen molar-refractivity contribution in [1.29, 1.82) is 0 Å². The second-order valence-electron chi connectivity index (χ2n) is 2.25. The van der Waals surface area contributed by atoms with Crippen LogP contribution in [-0.4, -0.2) is 19.7 Å². The Hall–Kier alpha value is -1.42. The summed E-state index contributed by atoms with van der Waals surface area (Å²) >= 11 is 0. The number of nitrogens with zero attached hydrogens (tertiary/aromatic N) is 3. The Morgan fingerprint density at radius 2 is 2.45 bits per heavy atom. The van der Waals surface area contributed by atoms with Gasteiger partial charge in [-0.1, -0.05) is 0 Å². The van der Waals surface area contributed by atoms with E-state index >= 15 is 0 Å². The summed E-state index contributed by atoms with van der Waals surface area (Å²) in [5.74, 6) is 0. The normalized spacial score (nSPS) is 10.6. The molecule has 0 unspecified atom stereocenters. The van der Waals surface area contributed by atoms with Gasteiger partial charge < -0.3 is 5.11 Å². The number of fused-ring (bicyclic) bond motifs is 1. The molecule has 4 nitrogen and oxygen atoms in total. The third-order valence-corrected chi connectivity index (χ3v) is 1.48. The predicted molar refractivity (Wildman–Crippen MR) is 38.9 cm³/mol. The van der Waals surface area contributed by atoms with Crippen LogP contribution in [0.25, 0.3) is 5.65 Å². The third-order valence-electron chi connectivity index (χ3n) is 1.48. The fraction of sp³-hybridized carbons (Fsp3) is 0.143. The van der Waals surface area contributed by atoms with Gasteiger partial charge in [0.05, 0.1) is 12.8 Å². The average molecular weight is 149 g/mol. The highest BCUT2D eigenvalue weighted by Crippen LogP contribution is 2.00. The lowest BCUT2D eigenvalue weighted by molar-refractivity contribution is 0.280. The lowest BCUT2D eigenvalue weighted by atomic mass is 10.4. The zero-order valence-corrected chi connectivity index (χ0v) is 5.81. The molecule has 0 bridgehead atoms. The molecule has 0 saturated carbocycles. The summed E-state index contributed by atoms with van der Waals surface area (Å²) in [6, 6.07) is 1.81. The van der Waals surface area contributed by atoms with Crippen molar-refractivity contribution < 1.29 is 5.11 Å². The van der Waals surface area contributed by atoms with Crippen molar-refractivity contribution in [3.63, 3.8) is 0 Å². The summed E-state index contributed by atoms with van der Waals surface area (Å²) in [7, 11) is 0. The SMILES string of the molecule is OCc1cnc2ccnn2c1. The maximum atomic E-state index is 8.75. The molecule has 0 atom stereocenters. The topological polar surface area (TPSA) is 50.4 Å². The minimum absolute atomic E-state index is 0.00278. The van der Waals surface area contributed by atoms with Crippen LogP contribution < -0.4 is 0 Å². The van der Waals surface area contributed by atoms with E-state index in [9.17, 15) is 0 Å². The number of aliphatic hydroxyl groups is 1. The molecule has 0 spiro atoms. The van der Waals surface area contributed by atoms with E-state index in [4.69, 9.17) is 5.11 Å². The van der Waals surface area contributed by atoms with Gasteiger partial charge in [-0.25, -0.2) is 9.50 Å². The van der Waals surface area contributed by atoms with Crippen LogP contribution in [0, 0.1) is 0 Å². The molecule has 1 N–H and O–H groups in total. The van der Waals surface area contributed by atoms with E-state index in [0.29, 0.717) is 0 Å². The largest absolute Gasteiger partial charge is 0.392 e. The summed E-state index contributed by atoms with van der Waals surface area (Å²) in [6.07, 6.45) is 5.06. The molecule has 0 amide bonds. The van der Waals surface area contributed by atoms with Gasteiger partial charge in [0.25, 0.3) is 0 Å². The van der Waals surface area contributed by atoms with Crippen molar-refractivity contribution >= 4 is 5.65 Å². The molecule has 2 heterocycles. The van der Waals surface area contributed by atoms with Crippen LogP contribution in [0.3, 0.4) is 0 Å². The smallest absolute Gasteiger partial charge is 0.154 e. The molecule has 2 aromatic heterocycles. The van der Waals surface area contributed by atoms with Crippen molar-refractivity contribution in [2.75, 3.05) is 0 Å². The van der Waals surface area contributed by atoms with E-state index in [-0.39, 0.29) is 6.61 Å². The van der Waals surface area contributed by atoms with Gasteiger partial charge in [-0.05, 0) is 0 Å². The van der Waals surface area contributed by atoms with Crippen molar-refractivity contribution in [3.8, 4) is 0 Å². The summed E-state index contributed by atoms with van der Waals surface area (Å²) < 4.78 is 1.63. The van der Waals surface area contributed by atoms with Crippen molar-refractivity contribution in [2.45, 2.75) is 6.61 Å². The fourth-order valence-corrected chi connectivity index (χ4v) is 0.930. The lowest BCUT2D eigenvalue weighted by Crippen LogP contribution is -1.93. The van der Waals surface area contributed by atoms with Gasteiger partial charge in [0.1, 0.15) is 0 Å². The van der Waals surface area contributed by atoms with E-state index < -0.39 is 0 Å². The van der Waals surface area contributed by atoms with Crippen LogP contribution in [-0.2, 0) is 6.61 Å². The van der Waals surface area contributed by atoms with Crippen molar-refractivity contribution in [1.82, 2.24) is 14.6 Å². The van der Waals surface area contributed by atoms with E-state index in [0.717, 1.165) is 11.2 Å². The molecule has 0 fully saturated rings. The van der Waals surface area contributed by atoms with Gasteiger partial charge in [-0.3, -0.25) is 0 Å². The Kier molecular flexibility index (Phi) is 1.33. The summed E-state index contributed by atoms with van der Waals surface area (Å²) in [5.41, 5.74) is 1.56. The zero-order valence-electron chi connectivity index (χ0n) is 5.81. The molecular weight excluding hydrogens is 142 g/mol. The molecule has 11 heavy (non-hydrogen) atoms. The minimum atomic E-state index is 0.00278. The van der Waals surface area contributed by atoms with Gasteiger partial charge >= 0.3 is 0 Å². The van der Waals surface area contributed by atoms with Crippen molar-refractivity contribution in [3.05, 3.63) is 30.2 Å². The Balaban J connectivity index is 2.67. The first-order valence-corrected chi connectivity index (χ1v) is 3.29. The van der Waals surface area contributed by atoms with E-state index in [1.165, 1.54) is 0 Å². The van der Waals surface area contributed by atoms with Crippen LogP contribution in [0.4, 0.5) is 0 Å². The monoisotopic (exact) mass is 149 g/mol. The first-order chi connectivity index (χ1) is 5.40. The molecule has 0 radical (unpaired) electrons. The fourth-order valence-electron chi connectivity index (χ4n) is 0.930. The van der Waals surface area contributed by atoms with Gasteiger partial charge in [0, 0.05) is 24.0 Å². The number of aromatic nitrogens is 3. The van der Waals surface area contributed by atoms with Gasteiger partial charge in [0.2, 0.25) is 0 Å². The highest BCUT2D eigenvalue weighted by Gasteiger charge is 1.94. The van der Waals surface area contributed by atoms with E-state index in [1.807, 2.05) is 0 Å². The van der Waals surface area contributed by atoms with Crippen LogP contribution in [0.5, 0.6) is 0 Å². The van der Waals surface area contributed by atoms with Gasteiger partial charge in [0.15, 0.2) is 5.65 Å². The molecule has 0 aliphatic carbocycles. The molecule has 0 saturated heterocycles. The first-order valence-electron chi connectivity index (χ1n) is 3.29. The standard InChI is InChI=1S/C7H7N3O/c11-5-6-3-8-7-1-2-9-10(7)4-6/h1-4,11H,5H2. The molecule has 56 valence electrons. The predicted octanol–water partition coefficient (Wildman–Crippen LogP) is 0.222. The molecule has 2 aromatic rings. The molecule has 0 aliphatic heterocycles. The number of hydrogen-bond donors (Lipinski definition) is 1. The molecule has 0 aliphatic rings. The Morgan fingerprint density at radius 3 is 3.27 bits per heavy atom. The quantitative estimate of drug-likeness (QED) is 0.631. The molecule has 0 aromatic carbocycles. The first kappa shape index (κ1) is 6.30. The van der Waals surface area contributed by atoms with Gasteiger partial charge in [-0.15, -0.1) is 0 Å². The maximum Gasteiger partial charge on any atom is 0.154 e. The number of hydrogen-bond acceptors (Lipinski definition) is 3. The minimum Gasteiger partial charge on any atom is -0.392 e. The van der Waals surface area contributed by atoms with Crippen LogP contribution in [0.1, 0.15) is 5.56 Å². The van der Waals surface area contributed by atoms with E-state index in [2.05, 4.69) is 10.1 Å². The average Bonchev–Trinajstić information content (AvgIpc) is 2.50. The highest BCUT2D eigenvalue weighted by atomic mass is 16.3. The molecule has 4 heteroatoms. The Labute approximate surface area is 63.1 Å². The second kappa shape index (κ2) is 2.32. The van der Waals surface area contributed by atoms with Gasteiger partial charge in [-0.2, -0.15) is 5.10 Å². The van der Waals surface area contributed by atoms with Crippen molar-refractivity contribution in [2.24, 2.45) is 0 Å². The van der Waals surface area contributed by atoms with Crippen LogP contribution in [0.2, 0.25) is 0 Å². The lowest BCUT2D eigenvalue weighted by Gasteiger charge is -1.95. The van der Waals surface area contributed by atoms with E-state index in [1.54, 1.807) is 29.2 Å². The second-order valence-corrected chi connectivity index (χ2v) is 2.25. The highest BCUT2D eigenvalue weighted by molar-refractivity contribution is 5.35. The number of aliphatic hydroxyl groups excluding tert-OH is 1. The zero-order chi connectivity index (χ0) is 7.68. The summed E-state index contributed by atoms with van der Waals surface area (Å²) in [5, 5.41) is 12.7. The van der Waals surface area contributed by atoms with Crippen LogP contribution in [0.15, 0.2) is 24.7 Å². The Bertz CT molecular complexity index is 368. The molecule has 2 rings (SSSR count). The molecular formula is C7H7N3O. The maximum absolute atomic E-state index is 8.75. The van der Waals surface area contributed by atoms with Crippen LogP contribution >= 0.6 is 0 Å². The summed E-state index contributed by atoms with van der Waals surface area (Å²) in [6.45, 7) is 0.00278. The Morgan fingerprint density at radius 1 is 1.55 bits per heavy atom. The number of rotatable bonds is 1. The third kappa shape index (κ3) is 0.969.